The highest BCUT2D eigenvalue weighted by molar-refractivity contribution is 5.90. The summed E-state index contributed by atoms with van der Waals surface area (Å²) >= 11 is 0. The summed E-state index contributed by atoms with van der Waals surface area (Å²) in [5.41, 5.74) is 0.734. The SMILES string of the molecule is CC(=O)Nc1ccccc1OC[C@H]1CCCN1. The zero-order valence-electron chi connectivity index (χ0n) is 10.0. The van der Waals surface area contributed by atoms with Gasteiger partial charge in [0, 0.05) is 13.0 Å². The number of benzene rings is 1. The summed E-state index contributed by atoms with van der Waals surface area (Å²) in [6.07, 6.45) is 2.36. The molecule has 2 rings (SSSR count). The molecule has 92 valence electrons. The Bertz CT molecular complexity index is 387. The van der Waals surface area contributed by atoms with E-state index in [4.69, 9.17) is 4.74 Å². The molecule has 0 aromatic heterocycles. The minimum Gasteiger partial charge on any atom is -0.490 e. The predicted octanol–water partition coefficient (Wildman–Crippen LogP) is 1.78. The van der Waals surface area contributed by atoms with E-state index >= 15 is 0 Å². The van der Waals surface area contributed by atoms with E-state index < -0.39 is 0 Å². The quantitative estimate of drug-likeness (QED) is 0.835. The molecule has 4 heteroatoms. The Morgan fingerprint density at radius 1 is 1.53 bits per heavy atom. The third-order valence-corrected chi connectivity index (χ3v) is 2.80. The van der Waals surface area contributed by atoms with E-state index in [0.29, 0.717) is 12.6 Å². The number of carbonyl (C=O) groups is 1. The Morgan fingerprint density at radius 2 is 2.35 bits per heavy atom. The van der Waals surface area contributed by atoms with Gasteiger partial charge in [-0.25, -0.2) is 0 Å². The Morgan fingerprint density at radius 3 is 3.06 bits per heavy atom. The van der Waals surface area contributed by atoms with Crippen LogP contribution in [0, 0.1) is 0 Å². The lowest BCUT2D eigenvalue weighted by molar-refractivity contribution is -0.114. The van der Waals surface area contributed by atoms with Gasteiger partial charge in [-0.1, -0.05) is 12.1 Å². The normalized spacial score (nSPS) is 19.0. The standard InChI is InChI=1S/C13H18N2O2/c1-10(16)15-12-6-2-3-7-13(12)17-9-11-5-4-8-14-11/h2-3,6-7,11,14H,4-5,8-9H2,1H3,(H,15,16)/t11-/m1/s1. The highest BCUT2D eigenvalue weighted by Gasteiger charge is 2.15. The molecule has 17 heavy (non-hydrogen) atoms. The Hall–Kier alpha value is -1.55. The van der Waals surface area contributed by atoms with Gasteiger partial charge in [0.1, 0.15) is 12.4 Å². The van der Waals surface area contributed by atoms with E-state index in [-0.39, 0.29) is 5.91 Å². The van der Waals surface area contributed by atoms with Crippen molar-refractivity contribution in [1.29, 1.82) is 0 Å². The lowest BCUT2D eigenvalue weighted by Crippen LogP contribution is -2.28. The Labute approximate surface area is 101 Å². The van der Waals surface area contributed by atoms with Crippen molar-refractivity contribution in [2.75, 3.05) is 18.5 Å². The summed E-state index contributed by atoms with van der Waals surface area (Å²) in [5, 5.41) is 6.14. The van der Waals surface area contributed by atoms with Crippen molar-refractivity contribution in [3.05, 3.63) is 24.3 Å². The molecule has 1 aromatic rings. The van der Waals surface area contributed by atoms with Crippen molar-refractivity contribution in [3.63, 3.8) is 0 Å². The maximum atomic E-state index is 11.0. The summed E-state index contributed by atoms with van der Waals surface area (Å²) in [5.74, 6) is 0.649. The number of rotatable bonds is 4. The second-order valence-corrected chi connectivity index (χ2v) is 4.28. The summed E-state index contributed by atoms with van der Waals surface area (Å²) < 4.78 is 5.74. The zero-order chi connectivity index (χ0) is 12.1. The van der Waals surface area contributed by atoms with E-state index in [1.165, 1.54) is 13.3 Å². The highest BCUT2D eigenvalue weighted by atomic mass is 16.5. The Balaban J connectivity index is 1.96. The Kier molecular flexibility index (Phi) is 3.98. The number of para-hydroxylation sites is 2. The fourth-order valence-corrected chi connectivity index (χ4v) is 1.97. The number of hydrogen-bond donors (Lipinski definition) is 2. The van der Waals surface area contributed by atoms with Crippen LogP contribution in [0.2, 0.25) is 0 Å². The molecule has 0 saturated carbocycles. The average Bonchev–Trinajstić information content (AvgIpc) is 2.80. The molecule has 0 bridgehead atoms. The van der Waals surface area contributed by atoms with Crippen LogP contribution in [-0.2, 0) is 4.79 Å². The van der Waals surface area contributed by atoms with Gasteiger partial charge in [0.25, 0.3) is 0 Å². The maximum Gasteiger partial charge on any atom is 0.221 e. The van der Waals surface area contributed by atoms with Crippen LogP contribution in [-0.4, -0.2) is 25.1 Å². The fraction of sp³-hybridized carbons (Fsp3) is 0.462. The van der Waals surface area contributed by atoms with Crippen molar-refractivity contribution in [2.24, 2.45) is 0 Å². The number of carbonyl (C=O) groups excluding carboxylic acids is 1. The third-order valence-electron chi connectivity index (χ3n) is 2.80. The van der Waals surface area contributed by atoms with E-state index in [1.807, 2.05) is 24.3 Å². The third kappa shape index (κ3) is 3.46. The van der Waals surface area contributed by atoms with Crippen LogP contribution >= 0.6 is 0 Å². The largest absolute Gasteiger partial charge is 0.490 e. The van der Waals surface area contributed by atoms with E-state index in [0.717, 1.165) is 24.4 Å². The average molecular weight is 234 g/mol. The molecule has 1 amide bonds. The predicted molar refractivity (Wildman–Crippen MR) is 67.3 cm³/mol. The van der Waals surface area contributed by atoms with Crippen LogP contribution < -0.4 is 15.4 Å². The second-order valence-electron chi connectivity index (χ2n) is 4.28. The number of hydrogen-bond acceptors (Lipinski definition) is 3. The van der Waals surface area contributed by atoms with Crippen LogP contribution in [0.25, 0.3) is 0 Å². The molecule has 1 aliphatic heterocycles. The van der Waals surface area contributed by atoms with Gasteiger partial charge in [-0.3, -0.25) is 4.79 Å². The van der Waals surface area contributed by atoms with Crippen molar-refractivity contribution in [3.8, 4) is 5.75 Å². The van der Waals surface area contributed by atoms with Gasteiger partial charge in [0.05, 0.1) is 5.69 Å². The first-order valence-electron chi connectivity index (χ1n) is 5.98. The number of anilines is 1. The van der Waals surface area contributed by atoms with Crippen molar-refractivity contribution in [1.82, 2.24) is 5.32 Å². The molecule has 1 heterocycles. The lowest BCUT2D eigenvalue weighted by Gasteiger charge is -2.15. The molecule has 1 saturated heterocycles. The first kappa shape index (κ1) is 11.9. The van der Waals surface area contributed by atoms with Gasteiger partial charge >= 0.3 is 0 Å². The van der Waals surface area contributed by atoms with Crippen molar-refractivity contribution < 1.29 is 9.53 Å². The van der Waals surface area contributed by atoms with Gasteiger partial charge in [0.15, 0.2) is 0 Å². The molecule has 1 atom stereocenters. The molecule has 1 aliphatic rings. The highest BCUT2D eigenvalue weighted by Crippen LogP contribution is 2.24. The molecular formula is C13H18N2O2. The minimum absolute atomic E-state index is 0.0833. The van der Waals surface area contributed by atoms with Gasteiger partial charge in [0.2, 0.25) is 5.91 Å². The zero-order valence-corrected chi connectivity index (χ0v) is 10.0. The van der Waals surface area contributed by atoms with Gasteiger partial charge in [-0.2, -0.15) is 0 Å². The van der Waals surface area contributed by atoms with Gasteiger partial charge < -0.3 is 15.4 Å². The van der Waals surface area contributed by atoms with Gasteiger partial charge in [-0.15, -0.1) is 0 Å². The van der Waals surface area contributed by atoms with E-state index in [1.54, 1.807) is 0 Å². The number of nitrogens with one attached hydrogen (secondary N) is 2. The monoisotopic (exact) mass is 234 g/mol. The summed E-state index contributed by atoms with van der Waals surface area (Å²) in [6, 6.07) is 7.94. The topological polar surface area (TPSA) is 50.4 Å². The fourth-order valence-electron chi connectivity index (χ4n) is 1.97. The van der Waals surface area contributed by atoms with Crippen LogP contribution in [0.15, 0.2) is 24.3 Å². The molecule has 0 unspecified atom stereocenters. The lowest BCUT2D eigenvalue weighted by atomic mass is 10.2. The molecule has 0 aliphatic carbocycles. The molecule has 0 spiro atoms. The van der Waals surface area contributed by atoms with Crippen LogP contribution in [0.4, 0.5) is 5.69 Å². The molecule has 1 fully saturated rings. The van der Waals surface area contributed by atoms with Crippen LogP contribution in [0.1, 0.15) is 19.8 Å². The minimum atomic E-state index is -0.0833. The molecule has 4 nitrogen and oxygen atoms in total. The van der Waals surface area contributed by atoms with Gasteiger partial charge in [-0.05, 0) is 31.5 Å². The maximum absolute atomic E-state index is 11.0. The first-order valence-corrected chi connectivity index (χ1v) is 5.98. The molecule has 2 N–H and O–H groups in total. The first-order chi connectivity index (χ1) is 8.25. The van der Waals surface area contributed by atoms with E-state index in [2.05, 4.69) is 10.6 Å². The summed E-state index contributed by atoms with van der Waals surface area (Å²) in [4.78, 5) is 11.0. The van der Waals surface area contributed by atoms with Crippen molar-refractivity contribution >= 4 is 11.6 Å². The number of ether oxygens (including phenoxy) is 1. The molecule has 1 aromatic carbocycles. The smallest absolute Gasteiger partial charge is 0.221 e. The second kappa shape index (κ2) is 5.68. The summed E-state index contributed by atoms with van der Waals surface area (Å²) in [6.45, 7) is 3.22. The molecular weight excluding hydrogens is 216 g/mol. The summed E-state index contributed by atoms with van der Waals surface area (Å²) in [7, 11) is 0. The van der Waals surface area contributed by atoms with Crippen LogP contribution in [0.3, 0.4) is 0 Å². The van der Waals surface area contributed by atoms with Crippen molar-refractivity contribution in [2.45, 2.75) is 25.8 Å². The number of amides is 1. The van der Waals surface area contributed by atoms with Crippen LogP contribution in [0.5, 0.6) is 5.75 Å². The molecule has 0 radical (unpaired) electrons. The van der Waals surface area contributed by atoms with E-state index in [9.17, 15) is 4.79 Å².